The van der Waals surface area contributed by atoms with Crippen molar-refractivity contribution in [2.24, 2.45) is 5.41 Å². The Hall–Kier alpha value is -2.20. The molecule has 1 saturated carbocycles. The van der Waals surface area contributed by atoms with Gasteiger partial charge in [0, 0.05) is 0 Å². The zero-order valence-corrected chi connectivity index (χ0v) is 19.2. The van der Waals surface area contributed by atoms with E-state index in [1.807, 2.05) is 13.8 Å². The third-order valence-electron chi connectivity index (χ3n) is 5.61. The zero-order chi connectivity index (χ0) is 24.0. The van der Waals surface area contributed by atoms with Crippen LogP contribution in [-0.2, 0) is 28.7 Å². The van der Waals surface area contributed by atoms with Crippen molar-refractivity contribution in [2.75, 3.05) is 26.4 Å². The van der Waals surface area contributed by atoms with Crippen molar-refractivity contribution in [3.63, 3.8) is 0 Å². The standard InChI is InChI=1S/C22H38N2O8/c1-3-5-7-12-31-18(27)16(14-25)23-20(29)22(10-9-11-22)21(30)24-17(15-26)19(28)32-13-8-6-4-2/h16-17,25-26H,3-15H2,1-2H3,(H,23,29)(H,24,30)/t16-,17-/m1/s1. The van der Waals surface area contributed by atoms with Gasteiger partial charge in [0.1, 0.15) is 5.41 Å². The van der Waals surface area contributed by atoms with Gasteiger partial charge in [0.15, 0.2) is 12.1 Å². The average molecular weight is 459 g/mol. The van der Waals surface area contributed by atoms with Gasteiger partial charge in [-0.3, -0.25) is 9.59 Å². The van der Waals surface area contributed by atoms with E-state index in [2.05, 4.69) is 10.6 Å². The molecule has 1 aliphatic rings. The summed E-state index contributed by atoms with van der Waals surface area (Å²) < 4.78 is 10.2. The third kappa shape index (κ3) is 8.05. The number of carbonyl (C=O) groups is 4. The maximum Gasteiger partial charge on any atom is 0.331 e. The van der Waals surface area contributed by atoms with Gasteiger partial charge in [0.25, 0.3) is 0 Å². The molecular weight excluding hydrogens is 420 g/mol. The maximum atomic E-state index is 12.9. The molecule has 10 heteroatoms. The van der Waals surface area contributed by atoms with E-state index in [-0.39, 0.29) is 26.1 Å². The van der Waals surface area contributed by atoms with Crippen molar-refractivity contribution in [1.82, 2.24) is 10.6 Å². The van der Waals surface area contributed by atoms with Crippen LogP contribution in [0.15, 0.2) is 0 Å². The second-order valence-electron chi connectivity index (χ2n) is 8.10. The van der Waals surface area contributed by atoms with Gasteiger partial charge < -0.3 is 30.3 Å². The first-order valence-corrected chi connectivity index (χ1v) is 11.5. The summed E-state index contributed by atoms with van der Waals surface area (Å²) in [5.41, 5.74) is -1.48. The van der Waals surface area contributed by atoms with E-state index in [9.17, 15) is 29.4 Å². The monoisotopic (exact) mass is 458 g/mol. The molecule has 1 fully saturated rings. The molecular formula is C22H38N2O8. The summed E-state index contributed by atoms with van der Waals surface area (Å²) in [6.07, 6.45) is 6.09. The van der Waals surface area contributed by atoms with Gasteiger partial charge in [-0.2, -0.15) is 0 Å². The van der Waals surface area contributed by atoms with Gasteiger partial charge in [0.2, 0.25) is 11.8 Å². The Morgan fingerprint density at radius 1 is 0.781 bits per heavy atom. The van der Waals surface area contributed by atoms with Crippen molar-refractivity contribution in [2.45, 2.75) is 83.7 Å². The van der Waals surface area contributed by atoms with Crippen LogP contribution in [0.25, 0.3) is 0 Å². The molecule has 0 spiro atoms. The molecule has 0 aromatic rings. The lowest BCUT2D eigenvalue weighted by atomic mass is 9.67. The van der Waals surface area contributed by atoms with Crippen LogP contribution in [0.5, 0.6) is 0 Å². The Morgan fingerprint density at radius 2 is 1.19 bits per heavy atom. The zero-order valence-electron chi connectivity index (χ0n) is 19.2. The minimum atomic E-state index is -1.48. The molecule has 184 valence electrons. The summed E-state index contributed by atoms with van der Waals surface area (Å²) in [5, 5.41) is 23.8. The molecule has 4 N–H and O–H groups in total. The summed E-state index contributed by atoms with van der Waals surface area (Å²) in [5.74, 6) is -2.98. The number of unbranched alkanes of at least 4 members (excludes halogenated alkanes) is 4. The molecule has 1 aliphatic carbocycles. The van der Waals surface area contributed by atoms with Gasteiger partial charge >= 0.3 is 11.9 Å². The first kappa shape index (κ1) is 27.8. The molecule has 0 unspecified atom stereocenters. The molecule has 0 aromatic carbocycles. The maximum absolute atomic E-state index is 12.9. The third-order valence-corrected chi connectivity index (χ3v) is 5.61. The molecule has 2 amide bonds. The van der Waals surface area contributed by atoms with E-state index in [4.69, 9.17) is 9.47 Å². The van der Waals surface area contributed by atoms with Crippen LogP contribution in [0.3, 0.4) is 0 Å². The lowest BCUT2D eigenvalue weighted by molar-refractivity contribution is -0.158. The number of aliphatic hydroxyl groups excluding tert-OH is 2. The van der Waals surface area contributed by atoms with Crippen molar-refractivity contribution in [3.8, 4) is 0 Å². The quantitative estimate of drug-likeness (QED) is 0.149. The summed E-state index contributed by atoms with van der Waals surface area (Å²) in [6.45, 7) is 3.05. The molecule has 1 rings (SSSR count). The second kappa shape index (κ2) is 14.8. The highest BCUT2D eigenvalue weighted by Crippen LogP contribution is 2.41. The number of carbonyl (C=O) groups excluding carboxylic acids is 4. The van der Waals surface area contributed by atoms with Crippen LogP contribution in [0.4, 0.5) is 0 Å². The van der Waals surface area contributed by atoms with Gasteiger partial charge in [-0.15, -0.1) is 0 Å². The van der Waals surface area contributed by atoms with Crippen molar-refractivity contribution in [3.05, 3.63) is 0 Å². The van der Waals surface area contributed by atoms with Crippen LogP contribution < -0.4 is 10.6 Å². The first-order chi connectivity index (χ1) is 15.4. The number of hydrogen-bond acceptors (Lipinski definition) is 8. The van der Waals surface area contributed by atoms with Crippen LogP contribution >= 0.6 is 0 Å². The van der Waals surface area contributed by atoms with Crippen LogP contribution in [0, 0.1) is 5.41 Å². The van der Waals surface area contributed by atoms with Crippen LogP contribution in [0.2, 0.25) is 0 Å². The number of nitrogens with one attached hydrogen (secondary N) is 2. The molecule has 0 radical (unpaired) electrons. The summed E-state index contributed by atoms with van der Waals surface area (Å²) in [6, 6.07) is -2.57. The summed E-state index contributed by atoms with van der Waals surface area (Å²) >= 11 is 0. The summed E-state index contributed by atoms with van der Waals surface area (Å²) in [4.78, 5) is 50.0. The first-order valence-electron chi connectivity index (χ1n) is 11.5. The highest BCUT2D eigenvalue weighted by atomic mass is 16.5. The minimum absolute atomic E-state index is 0.184. The van der Waals surface area contributed by atoms with Crippen molar-refractivity contribution >= 4 is 23.8 Å². The Morgan fingerprint density at radius 3 is 1.47 bits per heavy atom. The van der Waals surface area contributed by atoms with Crippen molar-refractivity contribution in [1.29, 1.82) is 0 Å². The van der Waals surface area contributed by atoms with Gasteiger partial charge in [-0.25, -0.2) is 9.59 Å². The molecule has 32 heavy (non-hydrogen) atoms. The predicted molar refractivity (Wildman–Crippen MR) is 115 cm³/mol. The van der Waals surface area contributed by atoms with Gasteiger partial charge in [-0.1, -0.05) is 46.0 Å². The van der Waals surface area contributed by atoms with E-state index in [1.165, 1.54) is 0 Å². The number of esters is 2. The average Bonchev–Trinajstić information content (AvgIpc) is 2.75. The van der Waals surface area contributed by atoms with Crippen LogP contribution in [-0.4, -0.2) is 72.5 Å². The molecule has 10 nitrogen and oxygen atoms in total. The van der Waals surface area contributed by atoms with Crippen LogP contribution in [0.1, 0.15) is 71.6 Å². The Balaban J connectivity index is 2.68. The highest BCUT2D eigenvalue weighted by Gasteiger charge is 2.52. The molecule has 0 aliphatic heterocycles. The van der Waals surface area contributed by atoms with E-state index < -0.39 is 54.5 Å². The van der Waals surface area contributed by atoms with E-state index in [1.54, 1.807) is 0 Å². The van der Waals surface area contributed by atoms with Crippen molar-refractivity contribution < 1.29 is 38.9 Å². The van der Waals surface area contributed by atoms with E-state index >= 15 is 0 Å². The predicted octanol–water partition coefficient (Wildman–Crippen LogP) is 0.578. The number of ether oxygens (including phenoxy) is 2. The Kier molecular flexibility index (Phi) is 12.9. The highest BCUT2D eigenvalue weighted by molar-refractivity contribution is 6.07. The SMILES string of the molecule is CCCCCOC(=O)[C@@H](CO)NC(=O)C1(C(=O)N[C@H](CO)C(=O)OCCCCC)CCC1. The van der Waals surface area contributed by atoms with Gasteiger partial charge in [-0.05, 0) is 25.7 Å². The number of hydrogen-bond donors (Lipinski definition) is 4. The topological polar surface area (TPSA) is 151 Å². The molecule has 0 aromatic heterocycles. The fourth-order valence-corrected chi connectivity index (χ4v) is 3.29. The smallest absolute Gasteiger partial charge is 0.331 e. The fraction of sp³-hybridized carbons (Fsp3) is 0.818. The Labute approximate surface area is 189 Å². The molecule has 0 heterocycles. The number of aliphatic hydroxyl groups is 2. The van der Waals surface area contributed by atoms with Gasteiger partial charge in [0.05, 0.1) is 26.4 Å². The fourth-order valence-electron chi connectivity index (χ4n) is 3.29. The lowest BCUT2D eigenvalue weighted by Crippen LogP contribution is -2.61. The largest absolute Gasteiger partial charge is 0.464 e. The van der Waals surface area contributed by atoms with E-state index in [0.717, 1.165) is 25.7 Å². The minimum Gasteiger partial charge on any atom is -0.464 e. The molecule has 0 saturated heterocycles. The Bertz CT molecular complexity index is 573. The van der Waals surface area contributed by atoms with E-state index in [0.29, 0.717) is 19.3 Å². The summed E-state index contributed by atoms with van der Waals surface area (Å²) in [7, 11) is 0. The lowest BCUT2D eigenvalue weighted by Gasteiger charge is -2.39. The number of amides is 2. The number of rotatable bonds is 16. The normalized spacial score (nSPS) is 16.2. The molecule has 0 bridgehead atoms. The molecule has 2 atom stereocenters. The second-order valence-corrected chi connectivity index (χ2v) is 8.10.